The first-order valence-corrected chi connectivity index (χ1v) is 18.2. The third-order valence-electron chi connectivity index (χ3n) is 9.96. The summed E-state index contributed by atoms with van der Waals surface area (Å²) in [5.74, 6) is -0.0668. The van der Waals surface area contributed by atoms with Gasteiger partial charge in [-0.25, -0.2) is 0 Å². The lowest BCUT2D eigenvalue weighted by Gasteiger charge is -2.25. The first-order valence-electron chi connectivity index (χ1n) is 18.2. The van der Waals surface area contributed by atoms with Crippen molar-refractivity contribution in [3.63, 3.8) is 0 Å². The molecule has 0 aliphatic carbocycles. The summed E-state index contributed by atoms with van der Waals surface area (Å²) in [5, 5.41) is 30.8. The summed E-state index contributed by atoms with van der Waals surface area (Å²) in [6.45, 7) is 5.09. The number of hydrogen-bond donors (Lipinski definition) is 8. The Hall–Kier alpha value is -5.47. The van der Waals surface area contributed by atoms with E-state index in [1.165, 1.54) is 25.2 Å². The molecule has 5 rings (SSSR count). The molecule has 2 aliphatic heterocycles. The second-order valence-electron chi connectivity index (χ2n) is 13.5. The van der Waals surface area contributed by atoms with E-state index in [4.69, 9.17) is 5.41 Å². The molecule has 2 amide bonds. The van der Waals surface area contributed by atoms with Crippen LogP contribution in [-0.2, 0) is 9.59 Å². The van der Waals surface area contributed by atoms with Gasteiger partial charge in [-0.15, -0.1) is 0 Å². The first kappa shape index (κ1) is 38.8. The number of likely N-dealkylation sites (tertiary alicyclic amines) is 1. The van der Waals surface area contributed by atoms with Crippen LogP contribution in [0.2, 0.25) is 0 Å². The zero-order valence-electron chi connectivity index (χ0n) is 30.8. The number of benzene rings is 3. The largest absolute Gasteiger partial charge is 0.388 e. The Morgan fingerprint density at radius 3 is 2.53 bits per heavy atom. The lowest BCUT2D eigenvalue weighted by atomic mass is 10.0. The van der Waals surface area contributed by atoms with E-state index in [1.807, 2.05) is 25.2 Å². The predicted molar refractivity (Wildman–Crippen MR) is 212 cm³/mol. The molecule has 3 unspecified atom stereocenters. The summed E-state index contributed by atoms with van der Waals surface area (Å²) in [5.41, 5.74) is 6.77. The molecule has 3 atom stereocenters. The van der Waals surface area contributed by atoms with Crippen molar-refractivity contribution in [1.29, 1.82) is 5.41 Å². The average molecular weight is 725 g/mol. The Balaban J connectivity index is 1.02. The van der Waals surface area contributed by atoms with E-state index in [-0.39, 0.29) is 36.0 Å². The van der Waals surface area contributed by atoms with E-state index in [1.54, 1.807) is 18.2 Å². The van der Waals surface area contributed by atoms with Gasteiger partial charge in [0.05, 0.1) is 23.0 Å². The Labute approximate surface area is 311 Å². The van der Waals surface area contributed by atoms with Crippen LogP contribution in [0.5, 0.6) is 0 Å². The second-order valence-corrected chi connectivity index (χ2v) is 13.5. The monoisotopic (exact) mass is 724 g/mol. The molecule has 0 saturated carbocycles. The average Bonchev–Trinajstić information content (AvgIpc) is 3.81. The molecule has 53 heavy (non-hydrogen) atoms. The van der Waals surface area contributed by atoms with Crippen molar-refractivity contribution in [3.05, 3.63) is 71.3 Å². The fourth-order valence-corrected chi connectivity index (χ4v) is 6.95. The Morgan fingerprint density at radius 1 is 0.981 bits per heavy atom. The van der Waals surface area contributed by atoms with E-state index in [0.717, 1.165) is 73.0 Å². The topological polar surface area (TPSA) is 183 Å². The van der Waals surface area contributed by atoms with Crippen molar-refractivity contribution in [3.8, 4) is 0 Å². The molecule has 1 saturated heterocycles. The quantitative estimate of drug-likeness (QED) is 0.0479. The highest BCUT2D eigenvalue weighted by Crippen LogP contribution is 2.34. The summed E-state index contributed by atoms with van der Waals surface area (Å²) < 4.78 is 0. The molecule has 14 heteroatoms. The van der Waals surface area contributed by atoms with Gasteiger partial charge < -0.3 is 52.3 Å². The number of aldehydes is 2. The number of anilines is 6. The van der Waals surface area contributed by atoms with Gasteiger partial charge in [-0.1, -0.05) is 12.1 Å². The summed E-state index contributed by atoms with van der Waals surface area (Å²) in [4.78, 5) is 52.6. The maximum Gasteiger partial charge on any atom is 0.257 e. The minimum Gasteiger partial charge on any atom is -0.388 e. The molecule has 3 aromatic rings. The van der Waals surface area contributed by atoms with Gasteiger partial charge >= 0.3 is 0 Å². The molecule has 2 heterocycles. The zero-order valence-corrected chi connectivity index (χ0v) is 30.8. The molecule has 1 fully saturated rings. The Morgan fingerprint density at radius 2 is 1.77 bits per heavy atom. The molecule has 282 valence electrons. The summed E-state index contributed by atoms with van der Waals surface area (Å²) in [7, 11) is 4.88. The van der Waals surface area contributed by atoms with Crippen LogP contribution in [0.1, 0.15) is 52.0 Å². The Kier molecular flexibility index (Phi) is 13.8. The van der Waals surface area contributed by atoms with Crippen molar-refractivity contribution >= 4 is 64.7 Å². The molecular formula is C39H52N10O4. The van der Waals surface area contributed by atoms with Gasteiger partial charge in [0, 0.05) is 93.8 Å². The number of fused-ring (bicyclic) bond motifs is 1. The molecule has 8 N–H and O–H groups in total. The van der Waals surface area contributed by atoms with Crippen LogP contribution in [-0.4, -0.2) is 113 Å². The third kappa shape index (κ3) is 10.1. The minimum atomic E-state index is -0.796. The fourth-order valence-electron chi connectivity index (χ4n) is 6.95. The predicted octanol–water partition coefficient (Wildman–Crippen LogP) is 4.02. The zero-order chi connectivity index (χ0) is 37.7. The van der Waals surface area contributed by atoms with Crippen molar-refractivity contribution in [2.75, 3.05) is 87.0 Å². The lowest BCUT2D eigenvalue weighted by Crippen LogP contribution is -2.39. The van der Waals surface area contributed by atoms with Crippen LogP contribution in [0, 0.1) is 11.3 Å². The van der Waals surface area contributed by atoms with Gasteiger partial charge in [-0.2, -0.15) is 0 Å². The smallest absolute Gasteiger partial charge is 0.257 e. The summed E-state index contributed by atoms with van der Waals surface area (Å²) in [6.07, 6.45) is 5.28. The van der Waals surface area contributed by atoms with Crippen molar-refractivity contribution < 1.29 is 19.2 Å². The van der Waals surface area contributed by atoms with Crippen molar-refractivity contribution in [2.45, 2.75) is 37.9 Å². The number of rotatable bonds is 20. The van der Waals surface area contributed by atoms with E-state index < -0.39 is 11.9 Å². The number of carbonyl (C=O) groups is 4. The fraction of sp³-hybridized carbons (Fsp3) is 0.410. The van der Waals surface area contributed by atoms with E-state index in [9.17, 15) is 19.2 Å². The number of nitrogens with zero attached hydrogens (tertiary/aromatic N) is 2. The van der Waals surface area contributed by atoms with Crippen LogP contribution in [0.4, 0.5) is 34.1 Å². The highest BCUT2D eigenvalue weighted by Gasteiger charge is 2.28. The number of nitrogens with one attached hydrogen (secondary N) is 8. The van der Waals surface area contributed by atoms with Gasteiger partial charge in [-0.05, 0) is 80.7 Å². The van der Waals surface area contributed by atoms with E-state index >= 15 is 0 Å². The molecular weight excluding hydrogens is 672 g/mol. The second kappa shape index (κ2) is 18.9. The first-order chi connectivity index (χ1) is 25.8. The van der Waals surface area contributed by atoms with E-state index in [2.05, 4.69) is 60.3 Å². The van der Waals surface area contributed by atoms with Crippen molar-refractivity contribution in [1.82, 2.24) is 20.4 Å². The molecule has 0 radical (unpaired) electrons. The number of likely N-dealkylation sites (N-methyl/N-ethyl adjacent to an activating group) is 1. The van der Waals surface area contributed by atoms with Crippen LogP contribution in [0.3, 0.4) is 0 Å². The van der Waals surface area contributed by atoms with Crippen molar-refractivity contribution in [2.24, 2.45) is 5.92 Å². The summed E-state index contributed by atoms with van der Waals surface area (Å²) in [6, 6.07) is 16.4. The van der Waals surface area contributed by atoms with Gasteiger partial charge in [0.1, 0.15) is 12.5 Å². The van der Waals surface area contributed by atoms with Crippen LogP contribution >= 0.6 is 0 Å². The lowest BCUT2D eigenvalue weighted by molar-refractivity contribution is -0.121. The number of carbonyl (C=O) groups excluding carboxylic acids is 4. The molecule has 2 aliphatic rings. The maximum absolute atomic E-state index is 13.5. The maximum atomic E-state index is 13.5. The number of amides is 2. The molecule has 0 bridgehead atoms. The highest BCUT2D eigenvalue weighted by atomic mass is 16.2. The van der Waals surface area contributed by atoms with Crippen LogP contribution in [0.25, 0.3) is 0 Å². The molecule has 0 aromatic heterocycles. The van der Waals surface area contributed by atoms with Crippen LogP contribution < -0.4 is 37.2 Å². The summed E-state index contributed by atoms with van der Waals surface area (Å²) >= 11 is 0. The van der Waals surface area contributed by atoms with Crippen LogP contribution in [0.15, 0.2) is 54.6 Å². The minimum absolute atomic E-state index is 0.106. The van der Waals surface area contributed by atoms with E-state index in [0.29, 0.717) is 37.3 Å². The SMILES string of the molecule is CNC(=O)CCC(C=O)N(C)C(=O)c1c(C=O)cccc1NCCNCCC1CCN(CC2Nc3ccc(Nc4ccc(NC)c(C=N)c4)cc3N2)C1. The van der Waals surface area contributed by atoms with Gasteiger partial charge in [0.25, 0.3) is 5.91 Å². The van der Waals surface area contributed by atoms with Gasteiger partial charge in [0.2, 0.25) is 5.91 Å². The highest BCUT2D eigenvalue weighted by molar-refractivity contribution is 6.06. The van der Waals surface area contributed by atoms with Gasteiger partial charge in [-0.3, -0.25) is 19.3 Å². The molecule has 0 spiro atoms. The Bertz CT molecular complexity index is 1770. The molecule has 3 aromatic carbocycles. The third-order valence-corrected chi connectivity index (χ3v) is 9.96. The normalized spacial score (nSPS) is 16.7. The standard InChI is InChI=1S/C39H52N10O4/c1-41-32-10-7-29(19-28(32)21-40)45-30-8-11-33-35(20-30)47-36(46-33)23-49-18-14-26(22-49)13-15-43-16-17-44-34-6-4-5-27(24-50)38(34)39(53)48(3)31(25-51)9-12-37(52)42-2/h4-8,10-11,19-21,24-26,31,36,40-41,43-47H,9,12-18,22-23H2,1-3H3,(H,42,52). The van der Waals surface area contributed by atoms with Gasteiger partial charge in [0.15, 0.2) is 6.29 Å². The molecule has 14 nitrogen and oxygen atoms in total. The number of hydrogen-bond acceptors (Lipinski definition) is 12.